The molecule has 1 aliphatic carbocycles. The third-order valence-electron chi connectivity index (χ3n) is 4.52. The minimum Gasteiger partial charge on any atom is -0.372 e. The number of anilines is 2. The van der Waals surface area contributed by atoms with Gasteiger partial charge < -0.3 is 10.6 Å². The van der Waals surface area contributed by atoms with Gasteiger partial charge in [0.25, 0.3) is 0 Å². The fourth-order valence-electron chi connectivity index (χ4n) is 3.31. The SMILES string of the molecule is CCC1Nc2ccccc2N(CC(=O)NC2CCCC2)C1=O. The first kappa shape index (κ1) is 14.9. The molecule has 2 aliphatic rings. The number of amides is 2. The van der Waals surface area contributed by atoms with E-state index in [0.29, 0.717) is 6.42 Å². The Hall–Kier alpha value is -2.04. The molecule has 118 valence electrons. The molecule has 5 nitrogen and oxygen atoms in total. The molecule has 1 unspecified atom stereocenters. The Morgan fingerprint density at radius 2 is 2.05 bits per heavy atom. The summed E-state index contributed by atoms with van der Waals surface area (Å²) in [4.78, 5) is 26.5. The molecule has 1 aromatic carbocycles. The highest BCUT2D eigenvalue weighted by Gasteiger charge is 2.32. The van der Waals surface area contributed by atoms with Gasteiger partial charge in [-0.25, -0.2) is 0 Å². The van der Waals surface area contributed by atoms with Gasteiger partial charge in [-0.1, -0.05) is 31.9 Å². The van der Waals surface area contributed by atoms with Crippen LogP contribution in [-0.2, 0) is 9.59 Å². The predicted octanol–water partition coefficient (Wildman–Crippen LogP) is 2.28. The van der Waals surface area contributed by atoms with Gasteiger partial charge in [0, 0.05) is 6.04 Å². The second-order valence-electron chi connectivity index (χ2n) is 6.10. The van der Waals surface area contributed by atoms with Crippen LogP contribution in [0.5, 0.6) is 0 Å². The van der Waals surface area contributed by atoms with Gasteiger partial charge in [0.15, 0.2) is 0 Å². The number of carbonyl (C=O) groups is 2. The number of rotatable bonds is 4. The highest BCUT2D eigenvalue weighted by Crippen LogP contribution is 2.31. The summed E-state index contributed by atoms with van der Waals surface area (Å²) in [7, 11) is 0. The lowest BCUT2D eigenvalue weighted by molar-refractivity contribution is -0.124. The quantitative estimate of drug-likeness (QED) is 0.897. The number of para-hydroxylation sites is 2. The van der Waals surface area contributed by atoms with Crippen LogP contribution in [-0.4, -0.2) is 30.4 Å². The summed E-state index contributed by atoms with van der Waals surface area (Å²) >= 11 is 0. The van der Waals surface area contributed by atoms with Gasteiger partial charge in [-0.3, -0.25) is 14.5 Å². The zero-order valence-corrected chi connectivity index (χ0v) is 13.0. The number of hydrogen-bond acceptors (Lipinski definition) is 3. The highest BCUT2D eigenvalue weighted by molar-refractivity contribution is 6.07. The summed E-state index contributed by atoms with van der Waals surface area (Å²) in [5, 5.41) is 6.31. The minimum atomic E-state index is -0.255. The lowest BCUT2D eigenvalue weighted by atomic mass is 10.1. The molecule has 0 bridgehead atoms. The molecule has 5 heteroatoms. The van der Waals surface area contributed by atoms with Crippen LogP contribution in [0.3, 0.4) is 0 Å². The summed E-state index contributed by atoms with van der Waals surface area (Å²) in [6.07, 6.45) is 5.16. The van der Waals surface area contributed by atoms with E-state index >= 15 is 0 Å². The van der Waals surface area contributed by atoms with Crippen LogP contribution >= 0.6 is 0 Å². The van der Waals surface area contributed by atoms with Crippen molar-refractivity contribution in [1.82, 2.24) is 5.32 Å². The van der Waals surface area contributed by atoms with Crippen LogP contribution in [0.4, 0.5) is 11.4 Å². The normalized spacial score (nSPS) is 21.4. The number of benzene rings is 1. The molecule has 2 amide bonds. The Bertz CT molecular complexity index is 567. The Morgan fingerprint density at radius 1 is 1.32 bits per heavy atom. The van der Waals surface area contributed by atoms with Crippen LogP contribution in [0.1, 0.15) is 39.0 Å². The van der Waals surface area contributed by atoms with Crippen molar-refractivity contribution >= 4 is 23.2 Å². The van der Waals surface area contributed by atoms with E-state index in [4.69, 9.17) is 0 Å². The lowest BCUT2D eigenvalue weighted by Crippen LogP contribution is -2.51. The maximum absolute atomic E-state index is 12.6. The largest absolute Gasteiger partial charge is 0.372 e. The molecular formula is C17H23N3O2. The third-order valence-corrected chi connectivity index (χ3v) is 4.52. The first-order chi connectivity index (χ1) is 10.7. The summed E-state index contributed by atoms with van der Waals surface area (Å²) in [5.41, 5.74) is 1.71. The topological polar surface area (TPSA) is 61.4 Å². The maximum atomic E-state index is 12.6. The van der Waals surface area contributed by atoms with Crippen molar-refractivity contribution in [3.05, 3.63) is 24.3 Å². The first-order valence-corrected chi connectivity index (χ1v) is 8.15. The van der Waals surface area contributed by atoms with Crippen LogP contribution < -0.4 is 15.5 Å². The van der Waals surface area contributed by atoms with E-state index in [0.717, 1.165) is 24.2 Å². The van der Waals surface area contributed by atoms with E-state index in [-0.39, 0.29) is 30.4 Å². The van der Waals surface area contributed by atoms with Crippen molar-refractivity contribution in [1.29, 1.82) is 0 Å². The van der Waals surface area contributed by atoms with Crippen molar-refractivity contribution in [3.8, 4) is 0 Å². The van der Waals surface area contributed by atoms with E-state index in [1.165, 1.54) is 12.8 Å². The van der Waals surface area contributed by atoms with Gasteiger partial charge in [0.05, 0.1) is 11.4 Å². The van der Waals surface area contributed by atoms with E-state index in [1.54, 1.807) is 4.90 Å². The monoisotopic (exact) mass is 301 g/mol. The number of nitrogens with zero attached hydrogens (tertiary/aromatic N) is 1. The Balaban J connectivity index is 1.75. The zero-order valence-electron chi connectivity index (χ0n) is 13.0. The number of nitrogens with one attached hydrogen (secondary N) is 2. The second kappa shape index (κ2) is 6.38. The first-order valence-electron chi connectivity index (χ1n) is 8.15. The highest BCUT2D eigenvalue weighted by atomic mass is 16.2. The standard InChI is InChI=1S/C17H23N3O2/c1-2-13-17(22)20(15-10-6-5-9-14(15)19-13)11-16(21)18-12-7-3-4-8-12/h5-6,9-10,12-13,19H,2-4,7-8,11H2,1H3,(H,18,21). The molecule has 0 radical (unpaired) electrons. The molecule has 1 atom stereocenters. The molecule has 0 saturated heterocycles. The van der Waals surface area contributed by atoms with Gasteiger partial charge in [-0.2, -0.15) is 0 Å². The molecular weight excluding hydrogens is 278 g/mol. The van der Waals surface area contributed by atoms with Gasteiger partial charge in [0.2, 0.25) is 11.8 Å². The molecule has 0 spiro atoms. The second-order valence-corrected chi connectivity index (χ2v) is 6.10. The number of fused-ring (bicyclic) bond motifs is 1. The van der Waals surface area contributed by atoms with Gasteiger partial charge in [-0.05, 0) is 31.4 Å². The summed E-state index contributed by atoms with van der Waals surface area (Å²) < 4.78 is 0. The Morgan fingerprint density at radius 3 is 2.77 bits per heavy atom. The molecule has 1 heterocycles. The molecule has 22 heavy (non-hydrogen) atoms. The fourth-order valence-corrected chi connectivity index (χ4v) is 3.31. The van der Waals surface area contributed by atoms with E-state index in [1.807, 2.05) is 31.2 Å². The fraction of sp³-hybridized carbons (Fsp3) is 0.529. The van der Waals surface area contributed by atoms with Crippen LogP contribution in [0.15, 0.2) is 24.3 Å². The van der Waals surface area contributed by atoms with Crippen molar-refractivity contribution in [2.24, 2.45) is 0 Å². The van der Waals surface area contributed by atoms with E-state index in [9.17, 15) is 9.59 Å². The van der Waals surface area contributed by atoms with Crippen LogP contribution in [0, 0.1) is 0 Å². The van der Waals surface area contributed by atoms with Crippen LogP contribution in [0.2, 0.25) is 0 Å². The van der Waals surface area contributed by atoms with E-state index < -0.39 is 0 Å². The molecule has 3 rings (SSSR count). The molecule has 1 aliphatic heterocycles. The molecule has 0 aromatic heterocycles. The van der Waals surface area contributed by atoms with Crippen molar-refractivity contribution < 1.29 is 9.59 Å². The predicted molar refractivity (Wildman–Crippen MR) is 86.9 cm³/mol. The van der Waals surface area contributed by atoms with E-state index in [2.05, 4.69) is 10.6 Å². The lowest BCUT2D eigenvalue weighted by Gasteiger charge is -2.34. The zero-order chi connectivity index (χ0) is 15.5. The molecule has 2 N–H and O–H groups in total. The van der Waals surface area contributed by atoms with Crippen molar-refractivity contribution in [3.63, 3.8) is 0 Å². The van der Waals surface area contributed by atoms with Crippen molar-refractivity contribution in [2.75, 3.05) is 16.8 Å². The molecule has 1 fully saturated rings. The third kappa shape index (κ3) is 2.93. The summed E-state index contributed by atoms with van der Waals surface area (Å²) in [5.74, 6) is -0.0884. The van der Waals surface area contributed by atoms with Crippen molar-refractivity contribution in [2.45, 2.75) is 51.1 Å². The average Bonchev–Trinajstić information content (AvgIpc) is 3.02. The van der Waals surface area contributed by atoms with Gasteiger partial charge in [0.1, 0.15) is 12.6 Å². The van der Waals surface area contributed by atoms with Crippen LogP contribution in [0.25, 0.3) is 0 Å². The minimum absolute atomic E-state index is 0.0252. The summed E-state index contributed by atoms with van der Waals surface area (Å²) in [6, 6.07) is 7.69. The molecule has 1 aromatic rings. The summed E-state index contributed by atoms with van der Waals surface area (Å²) in [6.45, 7) is 2.07. The number of carbonyl (C=O) groups excluding carboxylic acids is 2. The maximum Gasteiger partial charge on any atom is 0.250 e. The van der Waals surface area contributed by atoms with Gasteiger partial charge in [-0.15, -0.1) is 0 Å². The Kier molecular flexibility index (Phi) is 4.32. The molecule has 1 saturated carbocycles. The Labute approximate surface area is 131 Å². The van der Waals surface area contributed by atoms with Gasteiger partial charge >= 0.3 is 0 Å². The number of hydrogen-bond donors (Lipinski definition) is 2. The average molecular weight is 301 g/mol. The smallest absolute Gasteiger partial charge is 0.250 e.